The van der Waals surface area contributed by atoms with E-state index < -0.39 is 0 Å². The molecule has 0 bridgehead atoms. The SMILES string of the molecule is O=C(CN1CCNCC1)NCc1cnn(-c2ccccc2)c1. The minimum atomic E-state index is 0.0642. The predicted octanol–water partition coefficient (Wildman–Crippen LogP) is 0.394. The molecule has 6 nitrogen and oxygen atoms in total. The van der Waals surface area contributed by atoms with E-state index in [0.29, 0.717) is 13.1 Å². The maximum atomic E-state index is 12.0. The van der Waals surface area contributed by atoms with Crippen LogP contribution in [-0.2, 0) is 11.3 Å². The fourth-order valence-electron chi connectivity index (χ4n) is 2.50. The number of piperazine rings is 1. The van der Waals surface area contributed by atoms with Crippen LogP contribution in [0.3, 0.4) is 0 Å². The fourth-order valence-corrected chi connectivity index (χ4v) is 2.50. The van der Waals surface area contributed by atoms with Gasteiger partial charge in [-0.3, -0.25) is 9.69 Å². The molecule has 1 amide bonds. The van der Waals surface area contributed by atoms with Crippen molar-refractivity contribution in [3.8, 4) is 5.69 Å². The maximum Gasteiger partial charge on any atom is 0.234 e. The second-order valence-corrected chi connectivity index (χ2v) is 5.43. The first-order chi connectivity index (χ1) is 10.8. The molecule has 1 fully saturated rings. The summed E-state index contributed by atoms with van der Waals surface area (Å²) in [7, 11) is 0. The van der Waals surface area contributed by atoms with Gasteiger partial charge < -0.3 is 10.6 Å². The van der Waals surface area contributed by atoms with E-state index in [1.165, 1.54) is 0 Å². The molecule has 2 aromatic rings. The lowest BCUT2D eigenvalue weighted by Gasteiger charge is -2.26. The molecular weight excluding hydrogens is 278 g/mol. The van der Waals surface area contributed by atoms with E-state index in [4.69, 9.17) is 0 Å². The van der Waals surface area contributed by atoms with E-state index in [9.17, 15) is 4.79 Å². The van der Waals surface area contributed by atoms with Crippen molar-refractivity contribution in [3.63, 3.8) is 0 Å². The first-order valence-electron chi connectivity index (χ1n) is 7.60. The lowest BCUT2D eigenvalue weighted by atomic mass is 10.3. The van der Waals surface area contributed by atoms with Crippen LogP contribution in [0.5, 0.6) is 0 Å². The summed E-state index contributed by atoms with van der Waals surface area (Å²) in [6.07, 6.45) is 3.73. The van der Waals surface area contributed by atoms with Crippen molar-refractivity contribution >= 4 is 5.91 Å². The number of rotatable bonds is 5. The zero-order chi connectivity index (χ0) is 15.2. The minimum absolute atomic E-state index is 0.0642. The quantitative estimate of drug-likeness (QED) is 0.839. The lowest BCUT2D eigenvalue weighted by Crippen LogP contribution is -2.47. The van der Waals surface area contributed by atoms with Crippen molar-refractivity contribution in [2.75, 3.05) is 32.7 Å². The number of amides is 1. The van der Waals surface area contributed by atoms with Crippen LogP contribution in [0, 0.1) is 0 Å². The highest BCUT2D eigenvalue weighted by molar-refractivity contribution is 5.78. The molecule has 0 atom stereocenters. The van der Waals surface area contributed by atoms with Crippen LogP contribution in [0.1, 0.15) is 5.56 Å². The van der Waals surface area contributed by atoms with Gasteiger partial charge in [-0.1, -0.05) is 18.2 Å². The lowest BCUT2D eigenvalue weighted by molar-refractivity contribution is -0.122. The zero-order valence-corrected chi connectivity index (χ0v) is 12.5. The van der Waals surface area contributed by atoms with Gasteiger partial charge in [-0.2, -0.15) is 5.10 Å². The van der Waals surface area contributed by atoms with Crippen LogP contribution in [0.25, 0.3) is 5.69 Å². The van der Waals surface area contributed by atoms with E-state index in [-0.39, 0.29) is 5.91 Å². The van der Waals surface area contributed by atoms with E-state index in [1.807, 2.05) is 41.2 Å². The molecule has 1 aromatic carbocycles. The number of hydrogen-bond donors (Lipinski definition) is 2. The Morgan fingerprint density at radius 1 is 1.23 bits per heavy atom. The van der Waals surface area contributed by atoms with Crippen LogP contribution in [-0.4, -0.2) is 53.3 Å². The monoisotopic (exact) mass is 299 g/mol. The summed E-state index contributed by atoms with van der Waals surface area (Å²) >= 11 is 0. The molecule has 1 aromatic heterocycles. The maximum absolute atomic E-state index is 12.0. The molecule has 0 spiro atoms. The number of benzene rings is 1. The highest BCUT2D eigenvalue weighted by Crippen LogP contribution is 2.07. The third-order valence-corrected chi connectivity index (χ3v) is 3.72. The highest BCUT2D eigenvalue weighted by Gasteiger charge is 2.13. The minimum Gasteiger partial charge on any atom is -0.351 e. The summed E-state index contributed by atoms with van der Waals surface area (Å²) in [5.41, 5.74) is 2.01. The Labute approximate surface area is 130 Å². The van der Waals surface area contributed by atoms with Gasteiger partial charge in [0, 0.05) is 44.5 Å². The fraction of sp³-hybridized carbons (Fsp3) is 0.375. The van der Waals surface area contributed by atoms with Crippen molar-refractivity contribution in [3.05, 3.63) is 48.3 Å². The third-order valence-electron chi connectivity index (χ3n) is 3.72. The Morgan fingerprint density at radius 2 is 2.00 bits per heavy atom. The molecule has 2 heterocycles. The summed E-state index contributed by atoms with van der Waals surface area (Å²) in [4.78, 5) is 14.1. The Balaban J connectivity index is 1.49. The standard InChI is InChI=1S/C16H21N5O/c22-16(13-20-8-6-17-7-9-20)18-10-14-11-19-21(12-14)15-4-2-1-3-5-15/h1-5,11-12,17H,6-10,13H2,(H,18,22). The molecule has 1 aliphatic heterocycles. The van der Waals surface area contributed by atoms with Crippen LogP contribution >= 0.6 is 0 Å². The molecule has 1 saturated heterocycles. The zero-order valence-electron chi connectivity index (χ0n) is 12.5. The second kappa shape index (κ2) is 7.20. The number of aromatic nitrogens is 2. The van der Waals surface area contributed by atoms with Gasteiger partial charge in [0.05, 0.1) is 18.4 Å². The molecule has 3 rings (SSSR count). The molecular formula is C16H21N5O. The summed E-state index contributed by atoms with van der Waals surface area (Å²) in [5, 5.41) is 10.6. The van der Waals surface area contributed by atoms with Gasteiger partial charge >= 0.3 is 0 Å². The van der Waals surface area contributed by atoms with Gasteiger partial charge in [-0.25, -0.2) is 4.68 Å². The average molecular weight is 299 g/mol. The van der Waals surface area contributed by atoms with E-state index in [0.717, 1.165) is 37.4 Å². The Bertz CT molecular complexity index is 604. The van der Waals surface area contributed by atoms with Crippen LogP contribution in [0.15, 0.2) is 42.7 Å². The Hall–Kier alpha value is -2.18. The van der Waals surface area contributed by atoms with Gasteiger partial charge in [0.25, 0.3) is 0 Å². The van der Waals surface area contributed by atoms with E-state index in [1.54, 1.807) is 6.20 Å². The molecule has 2 N–H and O–H groups in total. The van der Waals surface area contributed by atoms with Crippen LogP contribution in [0.4, 0.5) is 0 Å². The van der Waals surface area contributed by atoms with Gasteiger partial charge in [-0.05, 0) is 12.1 Å². The van der Waals surface area contributed by atoms with Crippen molar-refractivity contribution in [2.24, 2.45) is 0 Å². The molecule has 0 saturated carbocycles. The van der Waals surface area contributed by atoms with Crippen molar-refractivity contribution in [1.82, 2.24) is 25.3 Å². The Morgan fingerprint density at radius 3 is 2.77 bits per heavy atom. The largest absolute Gasteiger partial charge is 0.351 e. The molecule has 0 aliphatic carbocycles. The van der Waals surface area contributed by atoms with E-state index in [2.05, 4.69) is 20.6 Å². The van der Waals surface area contributed by atoms with Gasteiger partial charge in [-0.15, -0.1) is 0 Å². The number of nitrogens with one attached hydrogen (secondary N) is 2. The van der Waals surface area contributed by atoms with Gasteiger partial charge in [0.2, 0.25) is 5.91 Å². The smallest absolute Gasteiger partial charge is 0.234 e. The molecule has 6 heteroatoms. The summed E-state index contributed by atoms with van der Waals surface area (Å²) in [6, 6.07) is 9.93. The summed E-state index contributed by atoms with van der Waals surface area (Å²) in [6.45, 7) is 4.75. The van der Waals surface area contributed by atoms with Crippen molar-refractivity contribution in [1.29, 1.82) is 0 Å². The second-order valence-electron chi connectivity index (χ2n) is 5.43. The number of hydrogen-bond acceptors (Lipinski definition) is 4. The van der Waals surface area contributed by atoms with Crippen LogP contribution < -0.4 is 10.6 Å². The predicted molar refractivity (Wildman–Crippen MR) is 84.7 cm³/mol. The number of nitrogens with zero attached hydrogens (tertiary/aromatic N) is 3. The first-order valence-corrected chi connectivity index (χ1v) is 7.60. The third kappa shape index (κ3) is 3.93. The average Bonchev–Trinajstić information content (AvgIpc) is 3.04. The molecule has 1 aliphatic rings. The summed E-state index contributed by atoms with van der Waals surface area (Å²) in [5.74, 6) is 0.0642. The highest BCUT2D eigenvalue weighted by atomic mass is 16.2. The topological polar surface area (TPSA) is 62.2 Å². The Kier molecular flexibility index (Phi) is 4.82. The molecule has 0 unspecified atom stereocenters. The first kappa shape index (κ1) is 14.7. The molecule has 0 radical (unpaired) electrons. The van der Waals surface area contributed by atoms with Crippen LogP contribution in [0.2, 0.25) is 0 Å². The van der Waals surface area contributed by atoms with Crippen molar-refractivity contribution < 1.29 is 4.79 Å². The van der Waals surface area contributed by atoms with Gasteiger partial charge in [0.1, 0.15) is 0 Å². The normalized spacial score (nSPS) is 15.6. The van der Waals surface area contributed by atoms with Gasteiger partial charge in [0.15, 0.2) is 0 Å². The number of carbonyl (C=O) groups excluding carboxylic acids is 1. The summed E-state index contributed by atoms with van der Waals surface area (Å²) < 4.78 is 1.82. The number of para-hydroxylation sites is 1. The molecule has 22 heavy (non-hydrogen) atoms. The molecule has 116 valence electrons. The van der Waals surface area contributed by atoms with Crippen molar-refractivity contribution in [2.45, 2.75) is 6.54 Å². The van der Waals surface area contributed by atoms with E-state index >= 15 is 0 Å². The number of carbonyl (C=O) groups is 1.